The summed E-state index contributed by atoms with van der Waals surface area (Å²) in [5.74, 6) is 0.644. The minimum absolute atomic E-state index is 0.403. The first-order valence-corrected chi connectivity index (χ1v) is 6.26. The van der Waals surface area contributed by atoms with Crippen LogP contribution in [-0.2, 0) is 0 Å². The molecule has 3 nitrogen and oxygen atoms in total. The maximum atomic E-state index is 5.62. The van der Waals surface area contributed by atoms with Gasteiger partial charge in [0.2, 0.25) is 0 Å². The summed E-state index contributed by atoms with van der Waals surface area (Å²) in [7, 11) is 0. The first-order valence-electron chi connectivity index (χ1n) is 6.26. The van der Waals surface area contributed by atoms with Crippen molar-refractivity contribution in [3.05, 3.63) is 0 Å². The van der Waals surface area contributed by atoms with E-state index in [2.05, 4.69) is 33.0 Å². The van der Waals surface area contributed by atoms with E-state index in [0.29, 0.717) is 12.0 Å². The Hall–Kier alpha value is -0.120. The van der Waals surface area contributed by atoms with Crippen molar-refractivity contribution >= 4 is 0 Å². The second-order valence-corrected chi connectivity index (χ2v) is 3.46. The summed E-state index contributed by atoms with van der Waals surface area (Å²) in [4.78, 5) is 0. The highest BCUT2D eigenvalue weighted by atomic mass is 14.9. The third kappa shape index (κ3) is 24.8. The summed E-state index contributed by atoms with van der Waals surface area (Å²) in [6.07, 6.45) is 1.09. The van der Waals surface area contributed by atoms with Gasteiger partial charge in [-0.2, -0.15) is 0 Å². The van der Waals surface area contributed by atoms with Crippen LogP contribution in [0, 0.1) is 5.92 Å². The van der Waals surface area contributed by atoms with Crippen molar-refractivity contribution < 1.29 is 0 Å². The summed E-state index contributed by atoms with van der Waals surface area (Å²) >= 11 is 0. The smallest absolute Gasteiger partial charge is 0.00743 e. The van der Waals surface area contributed by atoms with E-state index in [1.165, 1.54) is 0 Å². The minimum Gasteiger partial charge on any atom is -0.329 e. The zero-order chi connectivity index (χ0) is 12.7. The molecule has 0 aromatic heterocycles. The van der Waals surface area contributed by atoms with Crippen molar-refractivity contribution in [1.82, 2.24) is 5.32 Å². The van der Waals surface area contributed by atoms with Crippen molar-refractivity contribution in [3.8, 4) is 0 Å². The molecule has 0 heterocycles. The molecule has 96 valence electrons. The van der Waals surface area contributed by atoms with Gasteiger partial charge < -0.3 is 16.8 Å². The summed E-state index contributed by atoms with van der Waals surface area (Å²) in [6.45, 7) is 15.2. The average Bonchev–Trinajstić information content (AvgIpc) is 2.28. The molecule has 0 aliphatic heterocycles. The van der Waals surface area contributed by atoms with E-state index in [9.17, 15) is 0 Å². The van der Waals surface area contributed by atoms with Crippen molar-refractivity contribution in [2.45, 2.75) is 54.0 Å². The molecule has 0 fully saturated rings. The molecule has 0 bridgehead atoms. The molecule has 0 amide bonds. The fourth-order valence-corrected chi connectivity index (χ4v) is 0.750. The van der Waals surface area contributed by atoms with Crippen LogP contribution in [0.2, 0.25) is 0 Å². The highest BCUT2D eigenvalue weighted by Crippen LogP contribution is 2.00. The zero-order valence-electron chi connectivity index (χ0n) is 11.6. The van der Waals surface area contributed by atoms with Crippen LogP contribution in [0.3, 0.4) is 0 Å². The predicted octanol–water partition coefficient (Wildman–Crippen LogP) is 1.96. The van der Waals surface area contributed by atoms with Crippen LogP contribution in [0.15, 0.2) is 0 Å². The zero-order valence-corrected chi connectivity index (χ0v) is 11.6. The predicted molar refractivity (Wildman–Crippen MR) is 72.1 cm³/mol. The molecule has 15 heavy (non-hydrogen) atoms. The molecule has 0 spiro atoms. The first kappa shape index (κ1) is 20.3. The van der Waals surface area contributed by atoms with E-state index in [0.717, 1.165) is 26.1 Å². The third-order valence-electron chi connectivity index (χ3n) is 1.90. The van der Waals surface area contributed by atoms with Crippen molar-refractivity contribution in [2.24, 2.45) is 17.4 Å². The monoisotopic (exact) mass is 219 g/mol. The molecule has 0 aromatic carbocycles. The molecule has 3 heteroatoms. The van der Waals surface area contributed by atoms with E-state index in [4.69, 9.17) is 11.5 Å². The Morgan fingerprint density at radius 2 is 1.60 bits per heavy atom. The lowest BCUT2D eigenvalue weighted by atomic mass is 10.0. The molecule has 0 rings (SSSR count). The van der Waals surface area contributed by atoms with E-state index in [1.54, 1.807) is 0 Å². The van der Waals surface area contributed by atoms with Gasteiger partial charge in [-0.15, -0.1) is 0 Å². The molecule has 0 saturated carbocycles. The van der Waals surface area contributed by atoms with Crippen molar-refractivity contribution in [3.63, 3.8) is 0 Å². The fraction of sp³-hybridized carbons (Fsp3) is 1.00. The summed E-state index contributed by atoms with van der Waals surface area (Å²) < 4.78 is 0. The van der Waals surface area contributed by atoms with Crippen LogP contribution >= 0.6 is 0 Å². The SMILES string of the molecule is CC.CCC(N)C(C)C.CCNCCN. The number of hydrogen-bond donors (Lipinski definition) is 3. The van der Waals surface area contributed by atoms with Gasteiger partial charge in [-0.3, -0.25) is 0 Å². The Labute approximate surface area is 97.0 Å². The number of nitrogens with two attached hydrogens (primary N) is 2. The largest absolute Gasteiger partial charge is 0.329 e. The topological polar surface area (TPSA) is 64.1 Å². The number of hydrogen-bond acceptors (Lipinski definition) is 3. The van der Waals surface area contributed by atoms with Gasteiger partial charge in [-0.05, 0) is 18.9 Å². The second-order valence-electron chi connectivity index (χ2n) is 3.46. The summed E-state index contributed by atoms with van der Waals surface area (Å²) in [5.41, 5.74) is 10.8. The Morgan fingerprint density at radius 1 is 1.13 bits per heavy atom. The molecular weight excluding hydrogens is 186 g/mol. The fourth-order valence-electron chi connectivity index (χ4n) is 0.750. The molecule has 5 N–H and O–H groups in total. The Morgan fingerprint density at radius 3 is 1.67 bits per heavy atom. The Bertz CT molecular complexity index is 80.9. The van der Waals surface area contributed by atoms with Gasteiger partial charge in [0.05, 0.1) is 0 Å². The Kier molecular flexibility index (Phi) is 26.3. The standard InChI is InChI=1S/C6H15N.C4H12N2.C2H6/c1-4-6(7)5(2)3;1-2-6-4-3-5;1-2/h5-6H,4,7H2,1-3H3;6H,2-5H2,1H3;1-2H3. The normalized spacial score (nSPS) is 11.0. The van der Waals surface area contributed by atoms with E-state index in [1.807, 2.05) is 13.8 Å². The molecule has 0 radical (unpaired) electrons. The number of nitrogens with one attached hydrogen (secondary N) is 1. The first-order chi connectivity index (χ1) is 7.09. The maximum Gasteiger partial charge on any atom is 0.00743 e. The minimum atomic E-state index is 0.403. The van der Waals surface area contributed by atoms with Crippen molar-refractivity contribution in [2.75, 3.05) is 19.6 Å². The van der Waals surface area contributed by atoms with Gasteiger partial charge in [0, 0.05) is 19.1 Å². The molecular formula is C12H33N3. The summed E-state index contributed by atoms with van der Waals surface area (Å²) in [5, 5.41) is 3.07. The van der Waals surface area contributed by atoms with Crippen LogP contribution in [-0.4, -0.2) is 25.7 Å². The van der Waals surface area contributed by atoms with E-state index in [-0.39, 0.29) is 0 Å². The van der Waals surface area contributed by atoms with E-state index < -0.39 is 0 Å². The Balaban J connectivity index is -0.000000166. The van der Waals surface area contributed by atoms with Gasteiger partial charge in [-0.1, -0.05) is 41.5 Å². The number of rotatable bonds is 5. The average molecular weight is 219 g/mol. The molecule has 0 aromatic rings. The van der Waals surface area contributed by atoms with Gasteiger partial charge in [0.15, 0.2) is 0 Å². The second kappa shape index (κ2) is 19.5. The molecule has 1 unspecified atom stereocenters. The lowest BCUT2D eigenvalue weighted by molar-refractivity contribution is 0.481. The van der Waals surface area contributed by atoms with E-state index >= 15 is 0 Å². The van der Waals surface area contributed by atoms with Gasteiger partial charge in [-0.25, -0.2) is 0 Å². The summed E-state index contributed by atoms with van der Waals surface area (Å²) in [6, 6.07) is 0.403. The van der Waals surface area contributed by atoms with Crippen LogP contribution < -0.4 is 16.8 Å². The number of likely N-dealkylation sites (N-methyl/N-ethyl adjacent to an activating group) is 1. The maximum absolute atomic E-state index is 5.62. The third-order valence-corrected chi connectivity index (χ3v) is 1.90. The highest BCUT2D eigenvalue weighted by Gasteiger charge is 2.01. The van der Waals surface area contributed by atoms with Gasteiger partial charge in [0.25, 0.3) is 0 Å². The molecule has 0 aliphatic rings. The van der Waals surface area contributed by atoms with Crippen molar-refractivity contribution in [1.29, 1.82) is 0 Å². The lowest BCUT2D eigenvalue weighted by Crippen LogP contribution is -2.24. The van der Waals surface area contributed by atoms with Crippen LogP contribution in [0.25, 0.3) is 0 Å². The van der Waals surface area contributed by atoms with Gasteiger partial charge in [0.1, 0.15) is 0 Å². The highest BCUT2D eigenvalue weighted by molar-refractivity contribution is 4.60. The van der Waals surface area contributed by atoms with Gasteiger partial charge >= 0.3 is 0 Å². The molecule has 0 aliphatic carbocycles. The lowest BCUT2D eigenvalue weighted by Gasteiger charge is -2.10. The van der Waals surface area contributed by atoms with Crippen LogP contribution in [0.1, 0.15) is 48.0 Å². The molecule has 1 atom stereocenters. The molecule has 0 saturated heterocycles. The quantitative estimate of drug-likeness (QED) is 0.619. The van der Waals surface area contributed by atoms with Crippen LogP contribution in [0.5, 0.6) is 0 Å². The van der Waals surface area contributed by atoms with Crippen LogP contribution in [0.4, 0.5) is 0 Å².